The Morgan fingerprint density at radius 3 is 2.67 bits per heavy atom. The first-order chi connectivity index (χ1) is 13.3. The number of benzene rings is 1. The summed E-state index contributed by atoms with van der Waals surface area (Å²) in [6, 6.07) is 13.8. The fraction of sp³-hybridized carbons (Fsp3) is 0.300. The van der Waals surface area contributed by atoms with Gasteiger partial charge in [0, 0.05) is 17.8 Å². The van der Waals surface area contributed by atoms with Gasteiger partial charge in [-0.3, -0.25) is 4.79 Å². The standard InChI is InChI=1S/C20H20N4O2S/c25-17(22-16-8-4-5-9-16)13-27-18-11-10-15(12-21-18)20-23-19(24-26-20)14-6-2-1-3-7-14/h1-3,6-7,10-12,16H,4-5,8-9,13H2,(H,22,25). The average molecular weight is 380 g/mol. The lowest BCUT2D eigenvalue weighted by molar-refractivity contribution is -0.119. The van der Waals surface area contributed by atoms with E-state index < -0.39 is 0 Å². The molecule has 1 aliphatic carbocycles. The number of aromatic nitrogens is 3. The predicted octanol–water partition coefficient (Wildman–Crippen LogP) is 3.95. The number of carbonyl (C=O) groups is 1. The normalized spacial score (nSPS) is 14.4. The SMILES string of the molecule is O=C(CSc1ccc(-c2nc(-c3ccccc3)no2)cn1)NC1CCCC1. The Morgan fingerprint density at radius 2 is 1.93 bits per heavy atom. The lowest BCUT2D eigenvalue weighted by atomic mass is 10.2. The van der Waals surface area contributed by atoms with Gasteiger partial charge in [0.1, 0.15) is 0 Å². The molecule has 27 heavy (non-hydrogen) atoms. The molecule has 1 amide bonds. The molecule has 2 aromatic heterocycles. The summed E-state index contributed by atoms with van der Waals surface area (Å²) in [5.41, 5.74) is 1.66. The number of amides is 1. The molecule has 0 radical (unpaired) electrons. The molecule has 6 nitrogen and oxygen atoms in total. The number of carbonyl (C=O) groups excluding carboxylic acids is 1. The van der Waals surface area contributed by atoms with Gasteiger partial charge in [0.2, 0.25) is 11.7 Å². The van der Waals surface area contributed by atoms with E-state index in [1.165, 1.54) is 24.6 Å². The molecule has 0 bridgehead atoms. The van der Waals surface area contributed by atoms with Gasteiger partial charge < -0.3 is 9.84 Å². The number of rotatable bonds is 6. The summed E-state index contributed by atoms with van der Waals surface area (Å²) in [4.78, 5) is 20.8. The van der Waals surface area contributed by atoms with Crippen LogP contribution in [0.2, 0.25) is 0 Å². The van der Waals surface area contributed by atoms with Gasteiger partial charge in [-0.2, -0.15) is 4.98 Å². The topological polar surface area (TPSA) is 80.9 Å². The maximum Gasteiger partial charge on any atom is 0.259 e. The molecule has 1 saturated carbocycles. The zero-order chi connectivity index (χ0) is 18.5. The van der Waals surface area contributed by atoms with Gasteiger partial charge in [-0.25, -0.2) is 4.98 Å². The third-order valence-electron chi connectivity index (χ3n) is 4.51. The Labute approximate surface area is 161 Å². The second-order valence-electron chi connectivity index (χ2n) is 6.51. The minimum absolute atomic E-state index is 0.0715. The first kappa shape index (κ1) is 17.7. The van der Waals surface area contributed by atoms with Crippen molar-refractivity contribution in [2.24, 2.45) is 0 Å². The van der Waals surface area contributed by atoms with Crippen LogP contribution < -0.4 is 5.32 Å². The van der Waals surface area contributed by atoms with E-state index in [-0.39, 0.29) is 5.91 Å². The molecule has 1 aliphatic rings. The molecule has 2 heterocycles. The van der Waals surface area contributed by atoms with E-state index in [4.69, 9.17) is 4.52 Å². The summed E-state index contributed by atoms with van der Waals surface area (Å²) in [5, 5.41) is 7.90. The van der Waals surface area contributed by atoms with Gasteiger partial charge in [0.25, 0.3) is 5.89 Å². The first-order valence-corrected chi connectivity index (χ1v) is 10.0. The van der Waals surface area contributed by atoms with Gasteiger partial charge >= 0.3 is 0 Å². The van der Waals surface area contributed by atoms with Crippen LogP contribution in [0.25, 0.3) is 22.8 Å². The van der Waals surface area contributed by atoms with Crippen LogP contribution >= 0.6 is 11.8 Å². The maximum absolute atomic E-state index is 12.0. The van der Waals surface area contributed by atoms with Crippen molar-refractivity contribution in [1.82, 2.24) is 20.4 Å². The van der Waals surface area contributed by atoms with Gasteiger partial charge in [-0.1, -0.05) is 60.1 Å². The van der Waals surface area contributed by atoms with E-state index in [0.29, 0.717) is 23.5 Å². The molecule has 1 fully saturated rings. The molecule has 0 spiro atoms. The summed E-state index contributed by atoms with van der Waals surface area (Å²) in [5.74, 6) is 1.42. The Bertz CT molecular complexity index is 890. The highest BCUT2D eigenvalue weighted by Gasteiger charge is 2.17. The van der Waals surface area contributed by atoms with E-state index in [9.17, 15) is 4.79 Å². The van der Waals surface area contributed by atoms with Crippen molar-refractivity contribution in [2.45, 2.75) is 36.8 Å². The number of pyridine rings is 1. The van der Waals surface area contributed by atoms with Crippen LogP contribution in [0.5, 0.6) is 0 Å². The van der Waals surface area contributed by atoms with Gasteiger partial charge in [0.15, 0.2) is 0 Å². The van der Waals surface area contributed by atoms with Crippen LogP contribution in [-0.4, -0.2) is 32.8 Å². The monoisotopic (exact) mass is 380 g/mol. The minimum atomic E-state index is 0.0715. The molecule has 0 atom stereocenters. The molecule has 138 valence electrons. The molecule has 7 heteroatoms. The van der Waals surface area contributed by atoms with Crippen molar-refractivity contribution in [3.8, 4) is 22.8 Å². The molecule has 0 unspecified atom stereocenters. The van der Waals surface area contributed by atoms with Crippen LogP contribution in [0.4, 0.5) is 0 Å². The summed E-state index contributed by atoms with van der Waals surface area (Å²) in [6.45, 7) is 0. The maximum atomic E-state index is 12.0. The Balaban J connectivity index is 1.35. The van der Waals surface area contributed by atoms with Crippen LogP contribution in [0.15, 0.2) is 58.2 Å². The predicted molar refractivity (Wildman–Crippen MR) is 104 cm³/mol. The molecule has 1 aromatic carbocycles. The molecular formula is C20H20N4O2S. The largest absolute Gasteiger partial charge is 0.353 e. The fourth-order valence-electron chi connectivity index (χ4n) is 3.12. The average Bonchev–Trinajstić information content (AvgIpc) is 3.40. The molecular weight excluding hydrogens is 360 g/mol. The zero-order valence-electron chi connectivity index (χ0n) is 14.8. The van der Waals surface area contributed by atoms with E-state index >= 15 is 0 Å². The van der Waals surface area contributed by atoms with E-state index in [1.807, 2.05) is 42.5 Å². The smallest absolute Gasteiger partial charge is 0.259 e. The number of hydrogen-bond donors (Lipinski definition) is 1. The van der Waals surface area contributed by atoms with Crippen molar-refractivity contribution in [3.63, 3.8) is 0 Å². The lowest BCUT2D eigenvalue weighted by Gasteiger charge is -2.11. The summed E-state index contributed by atoms with van der Waals surface area (Å²) < 4.78 is 5.35. The van der Waals surface area contributed by atoms with Gasteiger partial charge in [-0.15, -0.1) is 0 Å². The fourth-order valence-corrected chi connectivity index (χ4v) is 3.77. The number of hydrogen-bond acceptors (Lipinski definition) is 6. The zero-order valence-corrected chi connectivity index (χ0v) is 15.6. The molecule has 3 aromatic rings. The highest BCUT2D eigenvalue weighted by molar-refractivity contribution is 7.99. The van der Waals surface area contributed by atoms with Crippen molar-refractivity contribution < 1.29 is 9.32 Å². The first-order valence-electron chi connectivity index (χ1n) is 9.06. The van der Waals surface area contributed by atoms with Crippen LogP contribution in [0, 0.1) is 0 Å². The molecule has 4 rings (SSSR count). The number of nitrogens with zero attached hydrogens (tertiary/aromatic N) is 3. The minimum Gasteiger partial charge on any atom is -0.353 e. The summed E-state index contributed by atoms with van der Waals surface area (Å²) in [7, 11) is 0. The van der Waals surface area contributed by atoms with Crippen LogP contribution in [-0.2, 0) is 4.79 Å². The second-order valence-corrected chi connectivity index (χ2v) is 7.51. The second kappa shape index (κ2) is 8.35. The summed E-state index contributed by atoms with van der Waals surface area (Å²) in [6.07, 6.45) is 6.31. The molecule has 1 N–H and O–H groups in total. The Kier molecular flexibility index (Phi) is 5.48. The Hall–Kier alpha value is -2.67. The van der Waals surface area contributed by atoms with Crippen molar-refractivity contribution in [3.05, 3.63) is 48.7 Å². The van der Waals surface area contributed by atoms with Crippen molar-refractivity contribution in [2.75, 3.05) is 5.75 Å². The van der Waals surface area contributed by atoms with E-state index in [1.54, 1.807) is 6.20 Å². The highest BCUT2D eigenvalue weighted by atomic mass is 32.2. The highest BCUT2D eigenvalue weighted by Crippen LogP contribution is 2.24. The Morgan fingerprint density at radius 1 is 1.11 bits per heavy atom. The van der Waals surface area contributed by atoms with Gasteiger partial charge in [-0.05, 0) is 25.0 Å². The van der Waals surface area contributed by atoms with E-state index in [2.05, 4.69) is 20.4 Å². The van der Waals surface area contributed by atoms with Crippen LogP contribution in [0.3, 0.4) is 0 Å². The van der Waals surface area contributed by atoms with Crippen LogP contribution in [0.1, 0.15) is 25.7 Å². The van der Waals surface area contributed by atoms with E-state index in [0.717, 1.165) is 29.0 Å². The third-order valence-corrected chi connectivity index (χ3v) is 5.46. The van der Waals surface area contributed by atoms with Gasteiger partial charge in [0.05, 0.1) is 16.3 Å². The van der Waals surface area contributed by atoms with Crippen molar-refractivity contribution >= 4 is 17.7 Å². The summed E-state index contributed by atoms with van der Waals surface area (Å²) >= 11 is 1.43. The third kappa shape index (κ3) is 4.54. The number of nitrogens with one attached hydrogen (secondary N) is 1. The molecule has 0 saturated heterocycles. The van der Waals surface area contributed by atoms with Crippen molar-refractivity contribution in [1.29, 1.82) is 0 Å². The quantitative estimate of drug-likeness (QED) is 0.652. The lowest BCUT2D eigenvalue weighted by Crippen LogP contribution is -2.33. The molecule has 0 aliphatic heterocycles. The number of thioether (sulfide) groups is 1.